The monoisotopic (exact) mass is 272 g/mol. The third kappa shape index (κ3) is 4.51. The number of hydrogen-bond donors (Lipinski definition) is 2. The lowest BCUT2D eigenvalue weighted by Gasteiger charge is -2.08. The maximum absolute atomic E-state index is 4.99. The van der Waals surface area contributed by atoms with E-state index in [-0.39, 0.29) is 0 Å². The van der Waals surface area contributed by atoms with E-state index in [9.17, 15) is 0 Å². The number of rotatable bonds is 7. The summed E-state index contributed by atoms with van der Waals surface area (Å²) in [6.07, 6.45) is 1.55. The van der Waals surface area contributed by atoms with Crippen molar-refractivity contribution < 1.29 is 4.74 Å². The van der Waals surface area contributed by atoms with E-state index in [0.717, 1.165) is 24.7 Å². The normalized spacial score (nSPS) is 10.3. The van der Waals surface area contributed by atoms with Gasteiger partial charge >= 0.3 is 0 Å². The van der Waals surface area contributed by atoms with Crippen LogP contribution in [0.5, 0.6) is 0 Å². The molecule has 0 amide bonds. The molecule has 0 unspecified atom stereocenters. The van der Waals surface area contributed by atoms with Gasteiger partial charge in [0.2, 0.25) is 0 Å². The van der Waals surface area contributed by atoms with Gasteiger partial charge in [0.25, 0.3) is 0 Å². The average molecular weight is 272 g/mol. The Morgan fingerprint density at radius 2 is 1.75 bits per heavy atom. The molecule has 0 aliphatic rings. The third-order valence-corrected chi connectivity index (χ3v) is 2.87. The predicted octanol–water partition coefficient (Wildman–Crippen LogP) is 2.46. The molecule has 0 aliphatic carbocycles. The number of ether oxygens (including phenoxy) is 1. The summed E-state index contributed by atoms with van der Waals surface area (Å²) in [5, 5.41) is 6.46. The summed E-state index contributed by atoms with van der Waals surface area (Å²) in [5.41, 5.74) is 2.49. The molecule has 0 fully saturated rings. The van der Waals surface area contributed by atoms with Crippen LogP contribution in [0.2, 0.25) is 0 Å². The van der Waals surface area contributed by atoms with Gasteiger partial charge in [-0.1, -0.05) is 29.8 Å². The summed E-state index contributed by atoms with van der Waals surface area (Å²) >= 11 is 0. The number of aromatic nitrogens is 2. The second kappa shape index (κ2) is 7.45. The average Bonchev–Trinajstić information content (AvgIpc) is 2.47. The van der Waals surface area contributed by atoms with Gasteiger partial charge in [0, 0.05) is 26.3 Å². The molecule has 5 nitrogen and oxygen atoms in total. The minimum atomic E-state index is 0.649. The van der Waals surface area contributed by atoms with E-state index in [2.05, 4.69) is 51.8 Å². The molecule has 106 valence electrons. The number of nitrogens with one attached hydrogen (secondary N) is 2. The second-order valence-corrected chi connectivity index (χ2v) is 4.55. The van der Waals surface area contributed by atoms with E-state index in [1.165, 1.54) is 11.1 Å². The van der Waals surface area contributed by atoms with Gasteiger partial charge < -0.3 is 15.4 Å². The number of anilines is 2. The van der Waals surface area contributed by atoms with Crippen molar-refractivity contribution in [3.8, 4) is 0 Å². The Bertz CT molecular complexity index is 528. The highest BCUT2D eigenvalue weighted by atomic mass is 16.5. The molecular weight excluding hydrogens is 252 g/mol. The molecule has 0 spiro atoms. The van der Waals surface area contributed by atoms with Crippen LogP contribution in [0.15, 0.2) is 36.7 Å². The van der Waals surface area contributed by atoms with Crippen molar-refractivity contribution in [1.82, 2.24) is 9.97 Å². The highest BCUT2D eigenvalue weighted by molar-refractivity contribution is 5.46. The van der Waals surface area contributed by atoms with Crippen molar-refractivity contribution in [2.75, 3.05) is 30.9 Å². The quantitative estimate of drug-likeness (QED) is 0.758. The van der Waals surface area contributed by atoms with Crippen molar-refractivity contribution in [1.29, 1.82) is 0 Å². The van der Waals surface area contributed by atoms with Crippen molar-refractivity contribution in [3.63, 3.8) is 0 Å². The van der Waals surface area contributed by atoms with Crippen LogP contribution in [0.1, 0.15) is 11.1 Å². The van der Waals surface area contributed by atoms with E-state index in [0.29, 0.717) is 6.61 Å². The first-order valence-electron chi connectivity index (χ1n) is 6.62. The summed E-state index contributed by atoms with van der Waals surface area (Å²) in [6.45, 7) is 4.20. The van der Waals surface area contributed by atoms with E-state index >= 15 is 0 Å². The molecule has 0 atom stereocenters. The molecule has 5 heteroatoms. The maximum Gasteiger partial charge on any atom is 0.131 e. The van der Waals surface area contributed by atoms with Gasteiger partial charge in [-0.15, -0.1) is 0 Å². The number of methoxy groups -OCH3 is 1. The fourth-order valence-corrected chi connectivity index (χ4v) is 1.73. The summed E-state index contributed by atoms with van der Waals surface area (Å²) in [5.74, 6) is 1.60. The molecule has 2 N–H and O–H groups in total. The lowest BCUT2D eigenvalue weighted by molar-refractivity contribution is 0.210. The second-order valence-electron chi connectivity index (χ2n) is 4.55. The SMILES string of the molecule is COCCNc1cc(NCc2ccc(C)cc2)ncn1. The number of nitrogens with zero attached hydrogens (tertiary/aromatic N) is 2. The smallest absolute Gasteiger partial charge is 0.131 e. The van der Waals surface area contributed by atoms with Crippen molar-refractivity contribution in [2.24, 2.45) is 0 Å². The van der Waals surface area contributed by atoms with Crippen molar-refractivity contribution in [3.05, 3.63) is 47.8 Å². The zero-order valence-electron chi connectivity index (χ0n) is 11.9. The Morgan fingerprint density at radius 1 is 1.05 bits per heavy atom. The Hall–Kier alpha value is -2.14. The van der Waals surface area contributed by atoms with Gasteiger partial charge in [-0.05, 0) is 12.5 Å². The van der Waals surface area contributed by atoms with Crippen LogP contribution in [0, 0.1) is 6.92 Å². The molecule has 0 saturated carbocycles. The highest BCUT2D eigenvalue weighted by Crippen LogP contribution is 2.10. The van der Waals surface area contributed by atoms with E-state index in [4.69, 9.17) is 4.74 Å². The van der Waals surface area contributed by atoms with Gasteiger partial charge in [-0.3, -0.25) is 0 Å². The van der Waals surface area contributed by atoms with Gasteiger partial charge in [-0.25, -0.2) is 9.97 Å². The standard InChI is InChI=1S/C15H20N4O/c1-12-3-5-13(6-4-12)10-17-15-9-14(18-11-19-15)16-7-8-20-2/h3-6,9,11H,7-8,10H2,1-2H3,(H2,16,17,18,19). The molecule has 2 rings (SSSR count). The first-order chi connectivity index (χ1) is 9.78. The predicted molar refractivity (Wildman–Crippen MR) is 80.9 cm³/mol. The fourth-order valence-electron chi connectivity index (χ4n) is 1.73. The van der Waals surface area contributed by atoms with Crippen LogP contribution in [0.4, 0.5) is 11.6 Å². The van der Waals surface area contributed by atoms with E-state index < -0.39 is 0 Å². The van der Waals surface area contributed by atoms with Gasteiger partial charge in [-0.2, -0.15) is 0 Å². The van der Waals surface area contributed by atoms with Crippen molar-refractivity contribution >= 4 is 11.6 Å². The van der Waals surface area contributed by atoms with Crippen LogP contribution in [0.3, 0.4) is 0 Å². The summed E-state index contributed by atoms with van der Waals surface area (Å²) in [7, 11) is 1.68. The maximum atomic E-state index is 4.99. The molecular formula is C15H20N4O. The molecule has 20 heavy (non-hydrogen) atoms. The van der Waals surface area contributed by atoms with Gasteiger partial charge in [0.15, 0.2) is 0 Å². The number of benzene rings is 1. The first-order valence-corrected chi connectivity index (χ1v) is 6.62. The lowest BCUT2D eigenvalue weighted by Crippen LogP contribution is -2.09. The summed E-state index contributed by atoms with van der Waals surface area (Å²) < 4.78 is 4.99. The van der Waals surface area contributed by atoms with Crippen LogP contribution in [-0.4, -0.2) is 30.2 Å². The zero-order chi connectivity index (χ0) is 14.2. The van der Waals surface area contributed by atoms with Crippen LogP contribution in [0.25, 0.3) is 0 Å². The third-order valence-electron chi connectivity index (χ3n) is 2.87. The Balaban J connectivity index is 1.89. The molecule has 0 saturated heterocycles. The molecule has 1 aromatic heterocycles. The first kappa shape index (κ1) is 14.3. The highest BCUT2D eigenvalue weighted by Gasteiger charge is 1.99. The summed E-state index contributed by atoms with van der Waals surface area (Å²) in [4.78, 5) is 8.37. The molecule has 0 aliphatic heterocycles. The summed E-state index contributed by atoms with van der Waals surface area (Å²) in [6, 6.07) is 10.3. The number of hydrogen-bond acceptors (Lipinski definition) is 5. The van der Waals surface area contributed by atoms with E-state index in [1.807, 2.05) is 6.07 Å². The van der Waals surface area contributed by atoms with Crippen molar-refractivity contribution in [2.45, 2.75) is 13.5 Å². The molecule has 1 heterocycles. The Morgan fingerprint density at radius 3 is 2.45 bits per heavy atom. The minimum absolute atomic E-state index is 0.649. The van der Waals surface area contributed by atoms with Crippen LogP contribution in [-0.2, 0) is 11.3 Å². The topological polar surface area (TPSA) is 59.1 Å². The minimum Gasteiger partial charge on any atom is -0.383 e. The van der Waals surface area contributed by atoms with Gasteiger partial charge in [0.05, 0.1) is 6.61 Å². The fraction of sp³-hybridized carbons (Fsp3) is 0.333. The van der Waals surface area contributed by atoms with Gasteiger partial charge in [0.1, 0.15) is 18.0 Å². The zero-order valence-corrected chi connectivity index (χ0v) is 11.9. The largest absolute Gasteiger partial charge is 0.383 e. The Labute approximate surface area is 119 Å². The molecule has 2 aromatic rings. The molecule has 0 radical (unpaired) electrons. The lowest BCUT2D eigenvalue weighted by atomic mass is 10.1. The van der Waals surface area contributed by atoms with Crippen LogP contribution >= 0.6 is 0 Å². The number of aryl methyl sites for hydroxylation is 1. The Kier molecular flexibility index (Phi) is 5.32. The van der Waals surface area contributed by atoms with E-state index in [1.54, 1.807) is 13.4 Å². The van der Waals surface area contributed by atoms with Crippen LogP contribution < -0.4 is 10.6 Å². The molecule has 0 bridgehead atoms. The molecule has 1 aromatic carbocycles.